The summed E-state index contributed by atoms with van der Waals surface area (Å²) >= 11 is 0. The van der Waals surface area contributed by atoms with E-state index in [1.807, 2.05) is 4.72 Å². The minimum Gasteiger partial charge on any atom is -0.324 e. The molecule has 1 atom stereocenters. The zero-order valence-electron chi connectivity index (χ0n) is 14.3. The lowest BCUT2D eigenvalue weighted by Crippen LogP contribution is -2.41. The fourth-order valence-electron chi connectivity index (χ4n) is 2.20. The first-order valence-electron chi connectivity index (χ1n) is 7.67. The number of sulfonamides is 1. The highest BCUT2D eigenvalue weighted by molar-refractivity contribution is 7.89. The second kappa shape index (κ2) is 7.65. The zero-order chi connectivity index (χ0) is 20.4. The van der Waals surface area contributed by atoms with E-state index in [1.165, 1.54) is 19.1 Å². The van der Waals surface area contributed by atoms with Gasteiger partial charge in [-0.15, -0.1) is 0 Å². The van der Waals surface area contributed by atoms with Gasteiger partial charge in [0.1, 0.15) is 5.82 Å². The lowest BCUT2D eigenvalue weighted by Gasteiger charge is -2.16. The second-order valence-electron chi connectivity index (χ2n) is 5.82. The fraction of sp³-hybridized carbons (Fsp3) is 0.235. The summed E-state index contributed by atoms with van der Waals surface area (Å²) in [7, 11) is -4.37. The van der Waals surface area contributed by atoms with Gasteiger partial charge in [-0.2, -0.15) is 17.9 Å². The van der Waals surface area contributed by atoms with Crippen molar-refractivity contribution in [2.24, 2.45) is 0 Å². The number of carbonyl (C=O) groups is 1. The molecule has 0 spiro atoms. The van der Waals surface area contributed by atoms with E-state index < -0.39 is 44.4 Å². The number of alkyl halides is 3. The van der Waals surface area contributed by atoms with Gasteiger partial charge < -0.3 is 5.32 Å². The predicted octanol–water partition coefficient (Wildman–Crippen LogP) is 3.46. The number of benzene rings is 2. The van der Waals surface area contributed by atoms with Crippen molar-refractivity contribution in [3.05, 3.63) is 59.4 Å². The minimum atomic E-state index is -4.70. The topological polar surface area (TPSA) is 75.3 Å². The Hall–Kier alpha value is -2.46. The average molecular weight is 404 g/mol. The fourth-order valence-corrected chi connectivity index (χ4v) is 3.45. The quantitative estimate of drug-likeness (QED) is 0.750. The molecule has 146 valence electrons. The van der Waals surface area contributed by atoms with Gasteiger partial charge in [0.2, 0.25) is 15.9 Å². The third-order valence-electron chi connectivity index (χ3n) is 3.64. The Morgan fingerprint density at radius 2 is 1.78 bits per heavy atom. The molecular formula is C17H16F4N2O3S. The van der Waals surface area contributed by atoms with E-state index in [0.29, 0.717) is 11.6 Å². The number of hydrogen-bond donors (Lipinski definition) is 2. The first kappa shape index (κ1) is 20.8. The van der Waals surface area contributed by atoms with E-state index in [0.717, 1.165) is 24.3 Å². The molecule has 0 aliphatic carbocycles. The SMILES string of the molecule is Cc1cc(F)ccc1NC(=O)C(C)NS(=O)(=O)c1cccc(C(F)(F)F)c1. The molecule has 0 bridgehead atoms. The minimum absolute atomic E-state index is 0.284. The summed E-state index contributed by atoms with van der Waals surface area (Å²) in [4.78, 5) is 11.6. The molecule has 2 aromatic carbocycles. The molecule has 2 N–H and O–H groups in total. The summed E-state index contributed by atoms with van der Waals surface area (Å²) in [6.45, 7) is 2.79. The van der Waals surface area contributed by atoms with Crippen LogP contribution in [-0.4, -0.2) is 20.4 Å². The van der Waals surface area contributed by atoms with Crippen LogP contribution in [0.5, 0.6) is 0 Å². The first-order valence-corrected chi connectivity index (χ1v) is 9.15. The average Bonchev–Trinajstić information content (AvgIpc) is 2.56. The van der Waals surface area contributed by atoms with Crippen molar-refractivity contribution in [3.63, 3.8) is 0 Å². The number of rotatable bonds is 5. The summed E-state index contributed by atoms with van der Waals surface area (Å²) in [6, 6.07) is 5.53. The normalized spacial score (nSPS) is 13.3. The highest BCUT2D eigenvalue weighted by Crippen LogP contribution is 2.30. The van der Waals surface area contributed by atoms with Gasteiger partial charge in [0.15, 0.2) is 0 Å². The van der Waals surface area contributed by atoms with Gasteiger partial charge in [0, 0.05) is 5.69 Å². The van der Waals surface area contributed by atoms with Crippen LogP contribution in [0.2, 0.25) is 0 Å². The number of hydrogen-bond acceptors (Lipinski definition) is 3. The Labute approximate surface area is 153 Å². The van der Waals surface area contributed by atoms with Gasteiger partial charge in [-0.05, 0) is 55.8 Å². The van der Waals surface area contributed by atoms with Crippen LogP contribution in [0.4, 0.5) is 23.2 Å². The van der Waals surface area contributed by atoms with Crippen molar-refractivity contribution in [2.45, 2.75) is 31.0 Å². The van der Waals surface area contributed by atoms with Gasteiger partial charge in [0.25, 0.3) is 0 Å². The molecule has 1 unspecified atom stereocenters. The largest absolute Gasteiger partial charge is 0.416 e. The van der Waals surface area contributed by atoms with Crippen LogP contribution in [-0.2, 0) is 21.0 Å². The van der Waals surface area contributed by atoms with Crippen LogP contribution in [0.1, 0.15) is 18.1 Å². The summed E-state index contributed by atoms with van der Waals surface area (Å²) in [6.07, 6.45) is -4.70. The summed E-state index contributed by atoms with van der Waals surface area (Å²) in [5.41, 5.74) is -0.410. The smallest absolute Gasteiger partial charge is 0.324 e. The van der Waals surface area contributed by atoms with Crippen molar-refractivity contribution in [3.8, 4) is 0 Å². The Bertz CT molecular complexity index is 959. The molecule has 0 fully saturated rings. The number of amides is 1. The van der Waals surface area contributed by atoms with Crippen LogP contribution in [0, 0.1) is 12.7 Å². The van der Waals surface area contributed by atoms with Gasteiger partial charge in [-0.3, -0.25) is 4.79 Å². The molecule has 1 amide bonds. The van der Waals surface area contributed by atoms with Gasteiger partial charge in [-0.1, -0.05) is 6.07 Å². The van der Waals surface area contributed by atoms with E-state index in [1.54, 1.807) is 6.92 Å². The second-order valence-corrected chi connectivity index (χ2v) is 7.53. The van der Waals surface area contributed by atoms with Crippen molar-refractivity contribution in [2.75, 3.05) is 5.32 Å². The van der Waals surface area contributed by atoms with Gasteiger partial charge in [0.05, 0.1) is 16.5 Å². The molecule has 0 saturated heterocycles. The van der Waals surface area contributed by atoms with E-state index in [4.69, 9.17) is 0 Å². The highest BCUT2D eigenvalue weighted by atomic mass is 32.2. The van der Waals surface area contributed by atoms with E-state index in [2.05, 4.69) is 5.32 Å². The number of nitrogens with one attached hydrogen (secondary N) is 2. The monoisotopic (exact) mass is 404 g/mol. The number of aryl methyl sites for hydroxylation is 1. The lowest BCUT2D eigenvalue weighted by atomic mass is 10.2. The van der Waals surface area contributed by atoms with Gasteiger partial charge in [-0.25, -0.2) is 12.8 Å². The molecule has 0 radical (unpaired) electrons. The first-order chi connectivity index (χ1) is 12.4. The summed E-state index contributed by atoms with van der Waals surface area (Å²) in [5, 5.41) is 2.43. The molecule has 0 heterocycles. The molecule has 2 rings (SSSR count). The van der Waals surface area contributed by atoms with Crippen LogP contribution >= 0.6 is 0 Å². The molecule has 2 aromatic rings. The lowest BCUT2D eigenvalue weighted by molar-refractivity contribution is -0.137. The van der Waals surface area contributed by atoms with Crippen molar-refractivity contribution in [1.29, 1.82) is 0 Å². The van der Waals surface area contributed by atoms with Gasteiger partial charge >= 0.3 is 6.18 Å². The summed E-state index contributed by atoms with van der Waals surface area (Å²) in [5.74, 6) is -1.25. The number of halogens is 4. The highest BCUT2D eigenvalue weighted by Gasteiger charge is 2.32. The van der Waals surface area contributed by atoms with Crippen LogP contribution in [0.25, 0.3) is 0 Å². The zero-order valence-corrected chi connectivity index (χ0v) is 15.1. The maximum absolute atomic E-state index is 13.1. The Morgan fingerprint density at radius 1 is 1.11 bits per heavy atom. The maximum atomic E-state index is 13.1. The Morgan fingerprint density at radius 3 is 2.37 bits per heavy atom. The van der Waals surface area contributed by atoms with E-state index in [-0.39, 0.29) is 5.69 Å². The predicted molar refractivity (Wildman–Crippen MR) is 91.0 cm³/mol. The molecule has 27 heavy (non-hydrogen) atoms. The molecule has 0 aliphatic heterocycles. The van der Waals surface area contributed by atoms with E-state index in [9.17, 15) is 30.8 Å². The van der Waals surface area contributed by atoms with Crippen molar-refractivity contribution < 1.29 is 30.8 Å². The Balaban J connectivity index is 2.16. The van der Waals surface area contributed by atoms with Crippen molar-refractivity contribution in [1.82, 2.24) is 4.72 Å². The molecule has 5 nitrogen and oxygen atoms in total. The Kier molecular flexibility index (Phi) is 5.91. The van der Waals surface area contributed by atoms with E-state index >= 15 is 0 Å². The number of anilines is 1. The summed E-state index contributed by atoms with van der Waals surface area (Å²) < 4.78 is 77.9. The molecule has 10 heteroatoms. The third-order valence-corrected chi connectivity index (χ3v) is 5.18. The molecule has 0 aromatic heterocycles. The van der Waals surface area contributed by atoms with Crippen LogP contribution in [0.3, 0.4) is 0 Å². The standard InChI is InChI=1S/C17H16F4N2O3S/c1-10-8-13(18)6-7-15(10)22-16(24)11(2)23-27(25,26)14-5-3-4-12(9-14)17(19,20)21/h3-9,11,23H,1-2H3,(H,22,24). The maximum Gasteiger partial charge on any atom is 0.416 e. The number of carbonyl (C=O) groups excluding carboxylic acids is 1. The van der Waals surface area contributed by atoms with Crippen LogP contribution in [0.15, 0.2) is 47.4 Å². The van der Waals surface area contributed by atoms with Crippen LogP contribution < -0.4 is 10.0 Å². The third kappa shape index (κ3) is 5.27. The van der Waals surface area contributed by atoms with Crippen molar-refractivity contribution >= 4 is 21.6 Å². The molecule has 0 saturated carbocycles. The molecule has 0 aliphatic rings. The molecular weight excluding hydrogens is 388 g/mol.